The summed E-state index contributed by atoms with van der Waals surface area (Å²) in [5.41, 5.74) is 1.01. The van der Waals surface area contributed by atoms with E-state index >= 15 is 0 Å². The number of amides is 3. The summed E-state index contributed by atoms with van der Waals surface area (Å²) in [7, 11) is 1.04. The summed E-state index contributed by atoms with van der Waals surface area (Å²) < 4.78 is 12.5. The van der Waals surface area contributed by atoms with Crippen LogP contribution in [-0.4, -0.2) is 81.8 Å². The largest absolute Gasteiger partial charge is 0.497 e. The molecule has 6 rings (SSSR count). The number of fused-ring (bicyclic) bond motifs is 2. The first kappa shape index (κ1) is 30.8. The fraction of sp³-hybridized carbons (Fsp3) is 0.559. The van der Waals surface area contributed by atoms with E-state index in [1.165, 1.54) is 5.19 Å². The van der Waals surface area contributed by atoms with Crippen molar-refractivity contribution in [1.82, 2.24) is 4.90 Å². The fourth-order valence-electron chi connectivity index (χ4n) is 8.50. The third kappa shape index (κ3) is 4.77. The lowest BCUT2D eigenvalue weighted by Gasteiger charge is -2.37. The molecule has 9 nitrogen and oxygen atoms in total. The lowest BCUT2D eigenvalue weighted by molar-refractivity contribution is -0.149. The maximum absolute atomic E-state index is 14.4. The molecule has 0 radical (unpaired) electrons. The quantitative estimate of drug-likeness (QED) is 0.474. The highest BCUT2D eigenvalue weighted by molar-refractivity contribution is 6.91. The molecule has 3 saturated heterocycles. The summed E-state index contributed by atoms with van der Waals surface area (Å²) in [5, 5.41) is 11.2. The number of hydrogen-bond acceptors (Lipinski definition) is 6. The first-order chi connectivity index (χ1) is 21.0. The molecular weight excluding hydrogens is 574 g/mol. The van der Waals surface area contributed by atoms with Crippen molar-refractivity contribution in [2.45, 2.75) is 81.8 Å². The van der Waals surface area contributed by atoms with Crippen LogP contribution in [0, 0.1) is 5.92 Å². The number of anilines is 2. The molecule has 44 heavy (non-hydrogen) atoms. The van der Waals surface area contributed by atoms with E-state index in [-0.39, 0.29) is 48.3 Å². The molecule has 0 aliphatic carbocycles. The zero-order valence-electron chi connectivity index (χ0n) is 26.5. The second kappa shape index (κ2) is 11.6. The van der Waals surface area contributed by atoms with Gasteiger partial charge in [0.2, 0.25) is 11.8 Å². The minimum atomic E-state index is -2.40. The fourth-order valence-corrected chi connectivity index (χ4v) is 12.5. The van der Waals surface area contributed by atoms with Gasteiger partial charge >= 0.3 is 0 Å². The van der Waals surface area contributed by atoms with Crippen LogP contribution in [0.3, 0.4) is 0 Å². The summed E-state index contributed by atoms with van der Waals surface area (Å²) >= 11 is 0. The number of nitrogens with zero attached hydrogens (tertiary/aromatic N) is 3. The van der Waals surface area contributed by atoms with Crippen LogP contribution in [0.5, 0.6) is 5.75 Å². The number of likely N-dealkylation sites (tertiary alicyclic amines) is 1. The molecule has 10 heteroatoms. The minimum absolute atomic E-state index is 0.0352. The zero-order valence-corrected chi connectivity index (χ0v) is 27.5. The molecule has 236 valence electrons. The standard InChI is InChI=1S/C34H45N3O6Si/c1-22-32(44(4,5)26-14-12-25(42-3)13-15-26)29(20-31(40)37-18-8-9-24(37)21-38)43-34(22)27-19-23(36-17-7-6-10-30(36)39)11-16-28(27)35(2)33(34)41/h11-16,19,22,24,29,32,38H,6-10,17-18,20-21H2,1-5H3/t22-,24-,29+,32-,34+/m0/s1. The Kier molecular flexibility index (Phi) is 8.13. The maximum Gasteiger partial charge on any atom is 0.264 e. The minimum Gasteiger partial charge on any atom is -0.497 e. The number of methoxy groups -OCH3 is 1. The number of likely N-dealkylation sites (N-methyl/N-ethyl adjacent to an activating group) is 1. The van der Waals surface area contributed by atoms with Crippen molar-refractivity contribution in [3.05, 3.63) is 48.0 Å². The lowest BCUT2D eigenvalue weighted by atomic mass is 9.82. The van der Waals surface area contributed by atoms with E-state index < -0.39 is 19.8 Å². The second-order valence-corrected chi connectivity index (χ2v) is 18.2. The number of aliphatic hydroxyl groups is 1. The van der Waals surface area contributed by atoms with Gasteiger partial charge in [-0.3, -0.25) is 14.4 Å². The number of hydrogen-bond donors (Lipinski definition) is 1. The van der Waals surface area contributed by atoms with Gasteiger partial charge in [-0.15, -0.1) is 0 Å². The van der Waals surface area contributed by atoms with Gasteiger partial charge in [0, 0.05) is 43.7 Å². The van der Waals surface area contributed by atoms with Gasteiger partial charge in [0.05, 0.1) is 46.0 Å². The molecule has 2 aromatic rings. The molecule has 1 N–H and O–H groups in total. The van der Waals surface area contributed by atoms with Crippen LogP contribution in [0.25, 0.3) is 0 Å². The second-order valence-electron chi connectivity index (χ2n) is 13.5. The highest BCUT2D eigenvalue weighted by Crippen LogP contribution is 2.60. The van der Waals surface area contributed by atoms with E-state index in [0.717, 1.165) is 48.4 Å². The third-order valence-electron chi connectivity index (χ3n) is 10.9. The van der Waals surface area contributed by atoms with Gasteiger partial charge in [-0.05, 0) is 61.6 Å². The van der Waals surface area contributed by atoms with Crippen molar-refractivity contribution in [1.29, 1.82) is 0 Å². The SMILES string of the molecule is COc1ccc([Si](C)(C)[C@@H]2[C@@H](CC(=O)N3CCC[C@H]3CO)O[C@]3(C(=O)N(C)c4ccc(N5CCCCC5=O)cc43)[C@H]2C)cc1. The maximum atomic E-state index is 14.4. The first-order valence-electron chi connectivity index (χ1n) is 16.0. The monoisotopic (exact) mass is 619 g/mol. The molecule has 0 saturated carbocycles. The summed E-state index contributed by atoms with van der Waals surface area (Å²) in [4.78, 5) is 46.5. The Balaban J connectivity index is 1.44. The molecule has 4 heterocycles. The average molecular weight is 620 g/mol. The van der Waals surface area contributed by atoms with Gasteiger partial charge in [0.15, 0.2) is 5.60 Å². The van der Waals surface area contributed by atoms with Crippen LogP contribution >= 0.6 is 0 Å². The van der Waals surface area contributed by atoms with Gasteiger partial charge in [-0.1, -0.05) is 37.3 Å². The van der Waals surface area contributed by atoms with E-state index in [0.29, 0.717) is 19.5 Å². The van der Waals surface area contributed by atoms with Gasteiger partial charge in [0.1, 0.15) is 5.75 Å². The Morgan fingerprint density at radius 3 is 2.52 bits per heavy atom. The van der Waals surface area contributed by atoms with E-state index in [2.05, 4.69) is 32.2 Å². The van der Waals surface area contributed by atoms with Crippen molar-refractivity contribution in [3.63, 3.8) is 0 Å². The highest BCUT2D eigenvalue weighted by atomic mass is 28.3. The number of benzene rings is 2. The van der Waals surface area contributed by atoms with Gasteiger partial charge in [-0.2, -0.15) is 0 Å². The third-order valence-corrected chi connectivity index (χ3v) is 15.2. The van der Waals surface area contributed by atoms with E-state index in [1.54, 1.807) is 24.0 Å². The van der Waals surface area contributed by atoms with Gasteiger partial charge in [-0.25, -0.2) is 0 Å². The van der Waals surface area contributed by atoms with Crippen LogP contribution in [0.15, 0.2) is 42.5 Å². The molecule has 0 bridgehead atoms. The Morgan fingerprint density at radius 1 is 1.09 bits per heavy atom. The van der Waals surface area contributed by atoms with Crippen LogP contribution < -0.4 is 19.7 Å². The normalized spacial score (nSPS) is 28.7. The summed E-state index contributed by atoms with van der Waals surface area (Å²) in [6.45, 7) is 7.94. The van der Waals surface area contributed by atoms with E-state index in [9.17, 15) is 19.5 Å². The Bertz CT molecular complexity index is 1450. The molecule has 5 atom stereocenters. The summed E-state index contributed by atoms with van der Waals surface area (Å²) in [5.74, 6) is 0.479. The predicted molar refractivity (Wildman–Crippen MR) is 172 cm³/mol. The zero-order chi connectivity index (χ0) is 31.4. The Hall–Kier alpha value is -3.21. The number of aliphatic hydroxyl groups excluding tert-OH is 1. The number of carbonyl (C=O) groups is 3. The first-order valence-corrected chi connectivity index (χ1v) is 19.1. The number of ether oxygens (including phenoxy) is 2. The van der Waals surface area contributed by atoms with Crippen molar-refractivity contribution < 1.29 is 29.0 Å². The van der Waals surface area contributed by atoms with Crippen molar-refractivity contribution in [3.8, 4) is 5.75 Å². The summed E-state index contributed by atoms with van der Waals surface area (Å²) in [6, 6.07) is 13.9. The molecular formula is C34H45N3O6Si. The highest BCUT2D eigenvalue weighted by Gasteiger charge is 2.66. The molecule has 1 spiro atoms. The molecule has 2 aromatic carbocycles. The van der Waals surface area contributed by atoms with E-state index in [1.807, 2.05) is 35.2 Å². The molecule has 0 aromatic heterocycles. The molecule has 4 aliphatic rings. The van der Waals surface area contributed by atoms with Crippen LogP contribution in [0.1, 0.15) is 51.0 Å². The molecule has 3 fully saturated rings. The number of carbonyl (C=O) groups excluding carboxylic acids is 3. The van der Waals surface area contributed by atoms with Crippen molar-refractivity contribution >= 4 is 42.4 Å². The molecule has 4 aliphatic heterocycles. The summed E-state index contributed by atoms with van der Waals surface area (Å²) in [6.07, 6.45) is 3.67. The lowest BCUT2D eigenvalue weighted by Crippen LogP contribution is -2.52. The topological polar surface area (TPSA) is 99.6 Å². The molecule has 0 unspecified atom stereocenters. The van der Waals surface area contributed by atoms with Crippen molar-refractivity contribution in [2.24, 2.45) is 5.92 Å². The van der Waals surface area contributed by atoms with Crippen LogP contribution in [-0.2, 0) is 24.7 Å². The van der Waals surface area contributed by atoms with Gasteiger partial charge < -0.3 is 29.3 Å². The van der Waals surface area contributed by atoms with E-state index in [4.69, 9.17) is 9.47 Å². The Labute approximate surface area is 261 Å². The molecule has 3 amide bonds. The predicted octanol–water partition coefficient (Wildman–Crippen LogP) is 3.78. The average Bonchev–Trinajstić information content (AvgIpc) is 3.68. The number of rotatable bonds is 7. The smallest absolute Gasteiger partial charge is 0.264 e. The Morgan fingerprint density at radius 2 is 1.84 bits per heavy atom. The van der Waals surface area contributed by atoms with Crippen molar-refractivity contribution in [2.75, 3.05) is 43.7 Å². The van der Waals surface area contributed by atoms with Gasteiger partial charge in [0.25, 0.3) is 5.91 Å². The van der Waals surface area contributed by atoms with Crippen LogP contribution in [0.2, 0.25) is 18.6 Å². The number of piperidine rings is 1. The van der Waals surface area contributed by atoms with Crippen LogP contribution in [0.4, 0.5) is 11.4 Å².